The highest BCUT2D eigenvalue weighted by Crippen LogP contribution is 2.14. The van der Waals surface area contributed by atoms with Crippen LogP contribution in [0.15, 0.2) is 48.5 Å². The van der Waals surface area contributed by atoms with Crippen molar-refractivity contribution in [3.63, 3.8) is 0 Å². The summed E-state index contributed by atoms with van der Waals surface area (Å²) in [6.45, 7) is 1.61. The monoisotopic (exact) mass is 299 g/mol. The first-order valence-electron chi connectivity index (χ1n) is 6.66. The molecule has 4 nitrogen and oxygen atoms in total. The van der Waals surface area contributed by atoms with E-state index in [9.17, 15) is 9.18 Å². The van der Waals surface area contributed by atoms with E-state index in [4.69, 9.17) is 14.7 Å². The Morgan fingerprint density at radius 3 is 2.68 bits per heavy atom. The Kier molecular flexibility index (Phi) is 5.10. The molecule has 0 saturated carbocycles. The highest BCUT2D eigenvalue weighted by molar-refractivity contribution is 5.74. The van der Waals surface area contributed by atoms with E-state index in [0.29, 0.717) is 11.3 Å². The van der Waals surface area contributed by atoms with Crippen LogP contribution in [0.3, 0.4) is 0 Å². The Labute approximate surface area is 127 Å². The minimum atomic E-state index is -0.815. The van der Waals surface area contributed by atoms with Crippen LogP contribution in [-0.2, 0) is 16.1 Å². The number of nitrogens with zero attached hydrogens (tertiary/aromatic N) is 1. The molecule has 0 spiro atoms. The zero-order valence-electron chi connectivity index (χ0n) is 12.0. The maximum atomic E-state index is 12.8. The first kappa shape index (κ1) is 15.5. The Bertz CT molecular complexity index is 692. The van der Waals surface area contributed by atoms with Crippen LogP contribution in [0.5, 0.6) is 5.75 Å². The van der Waals surface area contributed by atoms with E-state index in [-0.39, 0.29) is 12.4 Å². The first-order valence-corrected chi connectivity index (χ1v) is 6.66. The second-order valence-electron chi connectivity index (χ2n) is 4.63. The van der Waals surface area contributed by atoms with Crippen molar-refractivity contribution in [3.05, 3.63) is 65.5 Å². The molecule has 0 saturated heterocycles. The summed E-state index contributed by atoms with van der Waals surface area (Å²) in [5.41, 5.74) is 1.23. The number of halogens is 1. The summed E-state index contributed by atoms with van der Waals surface area (Å²) < 4.78 is 23.3. The molecule has 0 heterocycles. The number of esters is 1. The molecular formula is C17H14FNO3. The van der Waals surface area contributed by atoms with Crippen LogP contribution >= 0.6 is 0 Å². The lowest BCUT2D eigenvalue weighted by atomic mass is 10.1. The maximum absolute atomic E-state index is 12.8. The Hall–Kier alpha value is -2.87. The molecule has 1 unspecified atom stereocenters. The van der Waals surface area contributed by atoms with Crippen molar-refractivity contribution >= 4 is 5.97 Å². The van der Waals surface area contributed by atoms with Gasteiger partial charge in [-0.15, -0.1) is 0 Å². The third kappa shape index (κ3) is 4.32. The van der Waals surface area contributed by atoms with Gasteiger partial charge in [-0.2, -0.15) is 5.26 Å². The molecule has 2 aromatic carbocycles. The second kappa shape index (κ2) is 7.23. The van der Waals surface area contributed by atoms with Crippen molar-refractivity contribution in [2.45, 2.75) is 19.6 Å². The van der Waals surface area contributed by atoms with Crippen molar-refractivity contribution < 1.29 is 18.7 Å². The second-order valence-corrected chi connectivity index (χ2v) is 4.63. The Morgan fingerprint density at radius 1 is 1.27 bits per heavy atom. The molecule has 0 N–H and O–H groups in total. The van der Waals surface area contributed by atoms with Crippen LogP contribution in [0, 0.1) is 17.1 Å². The van der Waals surface area contributed by atoms with E-state index in [1.807, 2.05) is 6.07 Å². The normalized spacial score (nSPS) is 11.3. The number of rotatable bonds is 5. The van der Waals surface area contributed by atoms with E-state index in [2.05, 4.69) is 0 Å². The van der Waals surface area contributed by atoms with Crippen LogP contribution in [0.25, 0.3) is 0 Å². The molecule has 2 aromatic rings. The third-order valence-electron chi connectivity index (χ3n) is 2.90. The molecule has 112 valence electrons. The Balaban J connectivity index is 1.88. The molecule has 0 aromatic heterocycles. The Morgan fingerprint density at radius 2 is 2.00 bits per heavy atom. The molecule has 0 fully saturated rings. The first-order chi connectivity index (χ1) is 10.6. The van der Waals surface area contributed by atoms with Crippen molar-refractivity contribution in [1.29, 1.82) is 5.26 Å². The average molecular weight is 299 g/mol. The van der Waals surface area contributed by atoms with Crippen LogP contribution in [-0.4, -0.2) is 12.1 Å². The van der Waals surface area contributed by atoms with E-state index in [0.717, 1.165) is 5.56 Å². The molecule has 5 heteroatoms. The van der Waals surface area contributed by atoms with Gasteiger partial charge in [0.1, 0.15) is 18.2 Å². The van der Waals surface area contributed by atoms with Crippen LogP contribution in [0.2, 0.25) is 0 Å². The van der Waals surface area contributed by atoms with Gasteiger partial charge in [-0.05, 0) is 48.9 Å². The van der Waals surface area contributed by atoms with E-state index < -0.39 is 12.1 Å². The molecule has 22 heavy (non-hydrogen) atoms. The number of carbonyl (C=O) groups excluding carboxylic acids is 1. The molecule has 0 aliphatic heterocycles. The smallest absolute Gasteiger partial charge is 0.347 e. The summed E-state index contributed by atoms with van der Waals surface area (Å²) in [4.78, 5) is 11.9. The summed E-state index contributed by atoms with van der Waals surface area (Å²) in [5.74, 6) is -0.524. The SMILES string of the molecule is CC(Oc1ccc(F)cc1)C(=O)OCc1cccc(C#N)c1. The fourth-order valence-corrected chi connectivity index (χ4v) is 1.77. The molecule has 0 bridgehead atoms. The summed E-state index contributed by atoms with van der Waals surface area (Å²) in [5, 5.41) is 8.81. The fraction of sp³-hybridized carbons (Fsp3) is 0.176. The summed E-state index contributed by atoms with van der Waals surface area (Å²) in [6.07, 6.45) is -0.815. The molecule has 0 aliphatic carbocycles. The van der Waals surface area contributed by atoms with Gasteiger partial charge in [0, 0.05) is 0 Å². The molecular weight excluding hydrogens is 285 g/mol. The largest absolute Gasteiger partial charge is 0.479 e. The van der Waals surface area contributed by atoms with Crippen molar-refractivity contribution in [2.24, 2.45) is 0 Å². The van der Waals surface area contributed by atoms with Gasteiger partial charge in [0.05, 0.1) is 11.6 Å². The highest BCUT2D eigenvalue weighted by atomic mass is 19.1. The van der Waals surface area contributed by atoms with Crippen LogP contribution in [0.4, 0.5) is 4.39 Å². The van der Waals surface area contributed by atoms with E-state index in [1.54, 1.807) is 31.2 Å². The predicted molar refractivity (Wildman–Crippen MR) is 77.4 cm³/mol. The standard InChI is InChI=1S/C17H14FNO3/c1-12(22-16-7-5-15(18)6-8-16)17(20)21-11-14-4-2-3-13(9-14)10-19/h2-9,12H,11H2,1H3. The molecule has 0 aliphatic rings. The molecule has 2 rings (SSSR count). The van der Waals surface area contributed by atoms with Crippen molar-refractivity contribution in [2.75, 3.05) is 0 Å². The highest BCUT2D eigenvalue weighted by Gasteiger charge is 2.16. The van der Waals surface area contributed by atoms with Gasteiger partial charge < -0.3 is 9.47 Å². The van der Waals surface area contributed by atoms with Crippen molar-refractivity contribution in [1.82, 2.24) is 0 Å². The van der Waals surface area contributed by atoms with Gasteiger partial charge in [0.25, 0.3) is 0 Å². The summed E-state index contributed by atoms with van der Waals surface area (Å²) in [7, 11) is 0. The third-order valence-corrected chi connectivity index (χ3v) is 2.90. The number of carbonyl (C=O) groups is 1. The fourth-order valence-electron chi connectivity index (χ4n) is 1.77. The quantitative estimate of drug-likeness (QED) is 0.795. The zero-order chi connectivity index (χ0) is 15.9. The van der Waals surface area contributed by atoms with Gasteiger partial charge in [-0.1, -0.05) is 12.1 Å². The molecule has 0 amide bonds. The van der Waals surface area contributed by atoms with Gasteiger partial charge in [-0.25, -0.2) is 9.18 Å². The number of benzene rings is 2. The lowest BCUT2D eigenvalue weighted by Crippen LogP contribution is -2.26. The lowest BCUT2D eigenvalue weighted by molar-refractivity contribution is -0.152. The van der Waals surface area contributed by atoms with Crippen molar-refractivity contribution in [3.8, 4) is 11.8 Å². The van der Waals surface area contributed by atoms with Gasteiger partial charge in [0.15, 0.2) is 6.10 Å². The van der Waals surface area contributed by atoms with Crippen LogP contribution < -0.4 is 4.74 Å². The van der Waals surface area contributed by atoms with Gasteiger partial charge in [0.2, 0.25) is 0 Å². The van der Waals surface area contributed by atoms with Gasteiger partial charge >= 0.3 is 5.97 Å². The summed E-state index contributed by atoms with van der Waals surface area (Å²) in [6, 6.07) is 14.2. The van der Waals surface area contributed by atoms with E-state index >= 15 is 0 Å². The van der Waals surface area contributed by atoms with E-state index in [1.165, 1.54) is 24.3 Å². The topological polar surface area (TPSA) is 59.3 Å². The van der Waals surface area contributed by atoms with Crippen LogP contribution in [0.1, 0.15) is 18.1 Å². The average Bonchev–Trinajstić information content (AvgIpc) is 2.54. The number of hydrogen-bond donors (Lipinski definition) is 0. The maximum Gasteiger partial charge on any atom is 0.347 e. The molecule has 0 radical (unpaired) electrons. The number of hydrogen-bond acceptors (Lipinski definition) is 4. The minimum Gasteiger partial charge on any atom is -0.479 e. The van der Waals surface area contributed by atoms with Gasteiger partial charge in [-0.3, -0.25) is 0 Å². The lowest BCUT2D eigenvalue weighted by Gasteiger charge is -2.14. The zero-order valence-corrected chi connectivity index (χ0v) is 12.0. The summed E-state index contributed by atoms with van der Waals surface area (Å²) >= 11 is 0. The minimum absolute atomic E-state index is 0.0610. The predicted octanol–water partition coefficient (Wildman–Crippen LogP) is 3.21. The number of nitriles is 1. The molecule has 1 atom stereocenters. The number of ether oxygens (including phenoxy) is 2.